The molecule has 0 bridgehead atoms. The second-order valence-corrected chi connectivity index (χ2v) is 9.47. The molecule has 0 aromatic heterocycles. The fraction of sp³-hybridized carbons (Fsp3) is 0.611. The van der Waals surface area contributed by atoms with Gasteiger partial charge in [-0.15, -0.1) is 0 Å². The minimum atomic E-state index is -3.70. The van der Waals surface area contributed by atoms with Crippen molar-refractivity contribution in [3.8, 4) is 0 Å². The summed E-state index contributed by atoms with van der Waals surface area (Å²) in [4.78, 5) is 12.9. The number of nitrogens with one attached hydrogen (secondary N) is 2. The van der Waals surface area contributed by atoms with E-state index in [1.165, 1.54) is 16.4 Å². The van der Waals surface area contributed by atoms with Gasteiger partial charge in [0.25, 0.3) is 10.2 Å². The third kappa shape index (κ3) is 4.01. The van der Waals surface area contributed by atoms with Crippen LogP contribution in [0.15, 0.2) is 18.2 Å². The molecular formula is C18H26FN3O4S. The van der Waals surface area contributed by atoms with E-state index in [-0.39, 0.29) is 24.8 Å². The molecule has 0 spiro atoms. The first-order chi connectivity index (χ1) is 12.6. The Labute approximate surface area is 159 Å². The SMILES string of the molecule is CCC1(C(=O)Nc2ccc(F)c(C)c2)CCN(S(=O)(=O)NC2(C)COC2)C1. The Balaban J connectivity index is 1.72. The summed E-state index contributed by atoms with van der Waals surface area (Å²) in [5, 5.41) is 2.82. The predicted octanol–water partition coefficient (Wildman–Crippen LogP) is 1.80. The quantitative estimate of drug-likeness (QED) is 0.764. The number of carbonyl (C=O) groups excluding carboxylic acids is 1. The Morgan fingerprint density at radius 3 is 2.63 bits per heavy atom. The van der Waals surface area contributed by atoms with Gasteiger partial charge in [0, 0.05) is 18.8 Å². The van der Waals surface area contributed by atoms with Crippen LogP contribution in [0.1, 0.15) is 32.3 Å². The summed E-state index contributed by atoms with van der Waals surface area (Å²) in [6.45, 7) is 6.35. The van der Waals surface area contributed by atoms with Crippen LogP contribution >= 0.6 is 0 Å². The lowest BCUT2D eigenvalue weighted by molar-refractivity contribution is -0.125. The van der Waals surface area contributed by atoms with Gasteiger partial charge in [0.2, 0.25) is 5.91 Å². The molecule has 2 fully saturated rings. The van der Waals surface area contributed by atoms with Crippen molar-refractivity contribution in [2.24, 2.45) is 5.41 Å². The normalized spacial score (nSPS) is 25.2. The molecule has 3 rings (SSSR count). The zero-order valence-corrected chi connectivity index (χ0v) is 16.7. The number of rotatable bonds is 6. The molecule has 2 saturated heterocycles. The molecule has 1 amide bonds. The topological polar surface area (TPSA) is 87.7 Å². The molecule has 9 heteroatoms. The number of hydrogen-bond donors (Lipinski definition) is 2. The molecule has 0 radical (unpaired) electrons. The maximum Gasteiger partial charge on any atom is 0.280 e. The summed E-state index contributed by atoms with van der Waals surface area (Å²) in [7, 11) is -3.70. The zero-order valence-electron chi connectivity index (χ0n) is 15.8. The average Bonchev–Trinajstić information content (AvgIpc) is 3.03. The molecule has 0 saturated carbocycles. The van der Waals surface area contributed by atoms with Gasteiger partial charge in [-0.2, -0.15) is 17.4 Å². The molecule has 2 N–H and O–H groups in total. The first-order valence-corrected chi connectivity index (χ1v) is 10.5. The number of benzene rings is 1. The van der Waals surface area contributed by atoms with Crippen LogP contribution in [0.4, 0.5) is 10.1 Å². The molecule has 2 aliphatic rings. The van der Waals surface area contributed by atoms with Gasteiger partial charge in [0.05, 0.1) is 24.2 Å². The summed E-state index contributed by atoms with van der Waals surface area (Å²) in [6, 6.07) is 4.38. The van der Waals surface area contributed by atoms with Crippen LogP contribution in [0.25, 0.3) is 0 Å². The van der Waals surface area contributed by atoms with E-state index in [2.05, 4.69) is 10.0 Å². The first kappa shape index (κ1) is 20.2. The summed E-state index contributed by atoms with van der Waals surface area (Å²) in [5.41, 5.74) is -0.461. The molecule has 1 aromatic carbocycles. The Morgan fingerprint density at radius 1 is 1.37 bits per heavy atom. The average molecular weight is 399 g/mol. The highest BCUT2D eigenvalue weighted by Gasteiger charge is 2.48. The standard InChI is InChI=1S/C18H26FN3O4S/c1-4-18(16(23)20-14-5-6-15(19)13(2)9-14)7-8-22(10-18)27(24,25)21-17(3)11-26-12-17/h5-6,9,21H,4,7-8,10-12H2,1-3H3,(H,20,23). The smallest absolute Gasteiger partial charge is 0.280 e. The van der Waals surface area contributed by atoms with E-state index in [9.17, 15) is 17.6 Å². The molecule has 1 aromatic rings. The van der Waals surface area contributed by atoms with Crippen LogP contribution in [-0.2, 0) is 19.7 Å². The van der Waals surface area contributed by atoms with Gasteiger partial charge >= 0.3 is 0 Å². The van der Waals surface area contributed by atoms with E-state index < -0.39 is 21.2 Å². The van der Waals surface area contributed by atoms with E-state index in [0.29, 0.717) is 37.3 Å². The maximum absolute atomic E-state index is 13.4. The summed E-state index contributed by atoms with van der Waals surface area (Å²) in [6.07, 6.45) is 0.940. The third-order valence-corrected chi connectivity index (χ3v) is 7.19. The largest absolute Gasteiger partial charge is 0.377 e. The molecule has 27 heavy (non-hydrogen) atoms. The highest BCUT2D eigenvalue weighted by molar-refractivity contribution is 7.87. The highest BCUT2D eigenvalue weighted by atomic mass is 32.2. The fourth-order valence-corrected chi connectivity index (χ4v) is 5.12. The van der Waals surface area contributed by atoms with Gasteiger partial charge in [-0.05, 0) is 50.5 Å². The predicted molar refractivity (Wildman–Crippen MR) is 100.0 cm³/mol. The van der Waals surface area contributed by atoms with Gasteiger partial charge in [-0.3, -0.25) is 4.79 Å². The Kier molecular flexibility index (Phi) is 5.33. The number of nitrogens with zero attached hydrogens (tertiary/aromatic N) is 1. The van der Waals surface area contributed by atoms with Crippen molar-refractivity contribution in [1.82, 2.24) is 9.03 Å². The molecule has 1 atom stereocenters. The zero-order chi connectivity index (χ0) is 19.9. The van der Waals surface area contributed by atoms with Crippen molar-refractivity contribution >= 4 is 21.8 Å². The van der Waals surface area contributed by atoms with Crippen LogP contribution in [0.5, 0.6) is 0 Å². The Bertz CT molecular complexity index is 841. The summed E-state index contributed by atoms with van der Waals surface area (Å²) in [5.74, 6) is -0.581. The molecule has 2 heterocycles. The number of anilines is 1. The van der Waals surface area contributed by atoms with Gasteiger partial charge in [0.15, 0.2) is 0 Å². The molecule has 7 nitrogen and oxygen atoms in total. The number of hydrogen-bond acceptors (Lipinski definition) is 4. The molecule has 150 valence electrons. The van der Waals surface area contributed by atoms with Crippen molar-refractivity contribution in [2.45, 2.75) is 39.2 Å². The Morgan fingerprint density at radius 2 is 2.07 bits per heavy atom. The number of aryl methyl sites for hydroxylation is 1. The van der Waals surface area contributed by atoms with E-state index in [1.807, 2.05) is 6.92 Å². The minimum Gasteiger partial charge on any atom is -0.377 e. The molecule has 0 aliphatic carbocycles. The van der Waals surface area contributed by atoms with E-state index in [4.69, 9.17) is 4.74 Å². The van der Waals surface area contributed by atoms with E-state index >= 15 is 0 Å². The van der Waals surface area contributed by atoms with E-state index in [1.54, 1.807) is 19.9 Å². The van der Waals surface area contributed by atoms with Crippen molar-refractivity contribution < 1.29 is 22.3 Å². The number of amides is 1. The third-order valence-electron chi connectivity index (χ3n) is 5.45. The Hall–Kier alpha value is -1.55. The van der Waals surface area contributed by atoms with Gasteiger partial charge in [-0.1, -0.05) is 6.92 Å². The van der Waals surface area contributed by atoms with Crippen molar-refractivity contribution in [2.75, 3.05) is 31.6 Å². The van der Waals surface area contributed by atoms with E-state index in [0.717, 1.165) is 0 Å². The first-order valence-electron chi connectivity index (χ1n) is 9.04. The monoisotopic (exact) mass is 399 g/mol. The second kappa shape index (κ2) is 7.12. The lowest BCUT2D eigenvalue weighted by Crippen LogP contribution is -2.62. The van der Waals surface area contributed by atoms with Crippen LogP contribution in [-0.4, -0.2) is 50.5 Å². The number of carbonyl (C=O) groups is 1. The molecule has 2 aliphatic heterocycles. The summed E-state index contributed by atoms with van der Waals surface area (Å²) >= 11 is 0. The van der Waals surface area contributed by atoms with Gasteiger partial charge < -0.3 is 10.1 Å². The highest BCUT2D eigenvalue weighted by Crippen LogP contribution is 2.37. The van der Waals surface area contributed by atoms with Crippen LogP contribution < -0.4 is 10.0 Å². The second-order valence-electron chi connectivity index (χ2n) is 7.80. The van der Waals surface area contributed by atoms with Crippen LogP contribution in [0.3, 0.4) is 0 Å². The molecule has 1 unspecified atom stereocenters. The number of halogens is 1. The lowest BCUT2D eigenvalue weighted by Gasteiger charge is -2.39. The van der Waals surface area contributed by atoms with Crippen molar-refractivity contribution in [3.63, 3.8) is 0 Å². The van der Waals surface area contributed by atoms with Gasteiger partial charge in [0.1, 0.15) is 5.82 Å². The lowest BCUT2D eigenvalue weighted by atomic mass is 9.83. The molecular weight excluding hydrogens is 373 g/mol. The minimum absolute atomic E-state index is 0.113. The van der Waals surface area contributed by atoms with Crippen LogP contribution in [0, 0.1) is 18.2 Å². The number of ether oxygens (including phenoxy) is 1. The maximum atomic E-state index is 13.4. The van der Waals surface area contributed by atoms with Crippen molar-refractivity contribution in [3.05, 3.63) is 29.6 Å². The summed E-state index contributed by atoms with van der Waals surface area (Å²) < 4.78 is 47.9. The fourth-order valence-electron chi connectivity index (χ4n) is 3.50. The van der Waals surface area contributed by atoms with Crippen molar-refractivity contribution in [1.29, 1.82) is 0 Å². The van der Waals surface area contributed by atoms with Crippen LogP contribution in [0.2, 0.25) is 0 Å². The van der Waals surface area contributed by atoms with Gasteiger partial charge in [-0.25, -0.2) is 4.39 Å².